The number of carbonyl (C=O) groups is 1. The van der Waals surface area contributed by atoms with E-state index in [-0.39, 0.29) is 18.3 Å². The number of anilines is 1. The summed E-state index contributed by atoms with van der Waals surface area (Å²) in [6.45, 7) is 2.85. The lowest BCUT2D eigenvalue weighted by Gasteiger charge is -2.23. The van der Waals surface area contributed by atoms with Gasteiger partial charge in [0.25, 0.3) is 0 Å². The zero-order valence-electron chi connectivity index (χ0n) is 12.7. The predicted octanol–water partition coefficient (Wildman–Crippen LogP) is 3.26. The van der Waals surface area contributed by atoms with Gasteiger partial charge in [-0.3, -0.25) is 4.79 Å². The lowest BCUT2D eigenvalue weighted by Crippen LogP contribution is -2.37. The molecule has 0 saturated heterocycles. The lowest BCUT2D eigenvalue weighted by atomic mass is 10.0. The fourth-order valence-electron chi connectivity index (χ4n) is 3.01. The van der Waals surface area contributed by atoms with Crippen LogP contribution in [0.1, 0.15) is 29.7 Å². The molecular weight excluding hydrogens is 296 g/mol. The number of carbonyl (C=O) groups excluding carboxylic acids is 1. The molecule has 0 fully saturated rings. The van der Waals surface area contributed by atoms with Crippen LogP contribution in [0.5, 0.6) is 0 Å². The highest BCUT2D eigenvalue weighted by Gasteiger charge is 2.30. The molecule has 0 spiro atoms. The van der Waals surface area contributed by atoms with Gasteiger partial charge in [0.2, 0.25) is 5.91 Å². The van der Waals surface area contributed by atoms with Gasteiger partial charge in [-0.05, 0) is 29.5 Å². The van der Waals surface area contributed by atoms with Crippen molar-refractivity contribution in [2.45, 2.75) is 25.8 Å². The smallest absolute Gasteiger partial charge is 0.248 e. The summed E-state index contributed by atoms with van der Waals surface area (Å²) >= 11 is 0. The third kappa shape index (κ3) is 2.87. The predicted molar refractivity (Wildman–Crippen MR) is 92.5 cm³/mol. The number of halogens is 1. The molecule has 1 unspecified atom stereocenters. The van der Waals surface area contributed by atoms with Crippen LogP contribution in [0, 0.1) is 0 Å². The number of fused-ring (bicyclic) bond motifs is 1. The molecule has 1 amide bonds. The van der Waals surface area contributed by atoms with E-state index in [9.17, 15) is 4.79 Å². The Morgan fingerprint density at radius 3 is 2.59 bits per heavy atom. The second-order valence-electron chi connectivity index (χ2n) is 5.41. The van der Waals surface area contributed by atoms with Gasteiger partial charge in [0.15, 0.2) is 0 Å². The quantitative estimate of drug-likeness (QED) is 0.944. The first kappa shape index (κ1) is 16.5. The summed E-state index contributed by atoms with van der Waals surface area (Å²) in [6, 6.07) is 15.3. The van der Waals surface area contributed by atoms with E-state index in [1.54, 1.807) is 0 Å². The van der Waals surface area contributed by atoms with Gasteiger partial charge >= 0.3 is 0 Å². The molecule has 1 heterocycles. The number of benzene rings is 2. The molecule has 3 rings (SSSR count). The highest BCUT2D eigenvalue weighted by molar-refractivity contribution is 6.00. The summed E-state index contributed by atoms with van der Waals surface area (Å²) in [7, 11) is 0. The van der Waals surface area contributed by atoms with Crippen molar-refractivity contribution in [1.29, 1.82) is 0 Å². The maximum absolute atomic E-state index is 12.8. The van der Waals surface area contributed by atoms with Crippen LogP contribution in [0.25, 0.3) is 0 Å². The van der Waals surface area contributed by atoms with Gasteiger partial charge in [-0.2, -0.15) is 0 Å². The molecular formula is C18H21ClN2O. The average molecular weight is 317 g/mol. The highest BCUT2D eigenvalue weighted by atomic mass is 35.5. The monoisotopic (exact) mass is 316 g/mol. The fraction of sp³-hybridized carbons (Fsp3) is 0.278. The van der Waals surface area contributed by atoms with Crippen LogP contribution >= 0.6 is 12.4 Å². The molecule has 2 aromatic carbocycles. The van der Waals surface area contributed by atoms with Crippen LogP contribution in [0.4, 0.5) is 5.69 Å². The summed E-state index contributed by atoms with van der Waals surface area (Å²) in [4.78, 5) is 14.6. The number of amides is 1. The van der Waals surface area contributed by atoms with Crippen molar-refractivity contribution < 1.29 is 4.79 Å². The second-order valence-corrected chi connectivity index (χ2v) is 5.41. The molecule has 4 heteroatoms. The lowest BCUT2D eigenvalue weighted by molar-refractivity contribution is -0.119. The van der Waals surface area contributed by atoms with E-state index in [4.69, 9.17) is 5.73 Å². The van der Waals surface area contributed by atoms with E-state index >= 15 is 0 Å². The summed E-state index contributed by atoms with van der Waals surface area (Å²) < 4.78 is 0. The standard InChI is InChI=1S/C18H20N2O.ClH/c1-2-13-9-6-10-15-11-12-20(17(13)15)18(21)16(19)14-7-4-3-5-8-14;/h3-10,16H,2,11-12,19H2,1H3;1H. The molecule has 0 saturated carbocycles. The molecule has 0 aromatic heterocycles. The number of nitrogens with two attached hydrogens (primary N) is 1. The van der Waals surface area contributed by atoms with Crippen LogP contribution in [0.3, 0.4) is 0 Å². The molecule has 116 valence electrons. The maximum atomic E-state index is 12.8. The zero-order valence-corrected chi connectivity index (χ0v) is 13.5. The van der Waals surface area contributed by atoms with Crippen LogP contribution in [-0.4, -0.2) is 12.5 Å². The Balaban J connectivity index is 0.00000176. The Labute approximate surface area is 137 Å². The largest absolute Gasteiger partial charge is 0.316 e. The number of rotatable bonds is 3. The Morgan fingerprint density at radius 2 is 1.91 bits per heavy atom. The molecule has 22 heavy (non-hydrogen) atoms. The zero-order chi connectivity index (χ0) is 14.8. The SMILES string of the molecule is CCc1cccc2c1N(C(=O)C(N)c1ccccc1)CC2.Cl. The number of hydrogen-bond acceptors (Lipinski definition) is 2. The minimum atomic E-state index is -0.595. The van der Waals surface area contributed by atoms with Crippen molar-refractivity contribution in [1.82, 2.24) is 0 Å². The third-order valence-electron chi connectivity index (χ3n) is 4.15. The van der Waals surface area contributed by atoms with Crippen molar-refractivity contribution in [2.75, 3.05) is 11.4 Å². The van der Waals surface area contributed by atoms with Gasteiger partial charge in [-0.15, -0.1) is 12.4 Å². The van der Waals surface area contributed by atoms with E-state index in [0.29, 0.717) is 0 Å². The summed E-state index contributed by atoms with van der Waals surface area (Å²) in [5.41, 5.74) is 10.6. The molecule has 2 aromatic rings. The van der Waals surface area contributed by atoms with Gasteiger partial charge in [-0.1, -0.05) is 55.5 Å². The Kier molecular flexibility index (Phi) is 5.22. The van der Waals surface area contributed by atoms with Gasteiger partial charge in [0.05, 0.1) is 5.69 Å². The molecule has 3 nitrogen and oxygen atoms in total. The first-order valence-electron chi connectivity index (χ1n) is 7.45. The van der Waals surface area contributed by atoms with Crippen LogP contribution in [0.15, 0.2) is 48.5 Å². The summed E-state index contributed by atoms with van der Waals surface area (Å²) in [5.74, 6) is -0.0131. The topological polar surface area (TPSA) is 46.3 Å². The van der Waals surface area contributed by atoms with Gasteiger partial charge in [0.1, 0.15) is 6.04 Å². The van der Waals surface area contributed by atoms with Crippen LogP contribution < -0.4 is 10.6 Å². The van der Waals surface area contributed by atoms with E-state index in [1.165, 1.54) is 11.1 Å². The summed E-state index contributed by atoms with van der Waals surface area (Å²) in [6.07, 6.45) is 1.84. The number of hydrogen-bond donors (Lipinski definition) is 1. The minimum absolute atomic E-state index is 0. The summed E-state index contributed by atoms with van der Waals surface area (Å²) in [5, 5.41) is 0. The van der Waals surface area contributed by atoms with Crippen molar-refractivity contribution in [2.24, 2.45) is 5.73 Å². The molecule has 1 atom stereocenters. The van der Waals surface area contributed by atoms with Gasteiger partial charge in [0, 0.05) is 6.54 Å². The molecule has 1 aliphatic heterocycles. The van der Waals surface area contributed by atoms with Crippen LogP contribution in [-0.2, 0) is 17.6 Å². The van der Waals surface area contributed by atoms with E-state index in [0.717, 1.165) is 30.6 Å². The van der Waals surface area contributed by atoms with Crippen molar-refractivity contribution in [3.8, 4) is 0 Å². The fourth-order valence-corrected chi connectivity index (χ4v) is 3.01. The first-order chi connectivity index (χ1) is 10.2. The van der Waals surface area contributed by atoms with Gasteiger partial charge < -0.3 is 10.6 Å². The highest BCUT2D eigenvalue weighted by Crippen LogP contribution is 2.33. The molecule has 0 aliphatic carbocycles. The third-order valence-corrected chi connectivity index (χ3v) is 4.15. The maximum Gasteiger partial charge on any atom is 0.248 e. The van der Waals surface area contributed by atoms with Crippen molar-refractivity contribution in [3.05, 3.63) is 65.2 Å². The van der Waals surface area contributed by atoms with Crippen molar-refractivity contribution >= 4 is 24.0 Å². The molecule has 0 bridgehead atoms. The second kappa shape index (κ2) is 6.95. The Morgan fingerprint density at radius 1 is 1.18 bits per heavy atom. The van der Waals surface area contributed by atoms with E-state index < -0.39 is 6.04 Å². The first-order valence-corrected chi connectivity index (χ1v) is 7.45. The average Bonchev–Trinajstić information content (AvgIpc) is 2.98. The van der Waals surface area contributed by atoms with Crippen LogP contribution in [0.2, 0.25) is 0 Å². The Bertz CT molecular complexity index is 657. The van der Waals surface area contributed by atoms with E-state index in [2.05, 4.69) is 25.1 Å². The van der Waals surface area contributed by atoms with E-state index in [1.807, 2.05) is 35.2 Å². The number of nitrogens with zero attached hydrogens (tertiary/aromatic N) is 1. The number of aryl methyl sites for hydroxylation is 1. The minimum Gasteiger partial charge on any atom is -0.316 e. The molecule has 2 N–H and O–H groups in total. The number of para-hydroxylation sites is 1. The van der Waals surface area contributed by atoms with Gasteiger partial charge in [-0.25, -0.2) is 0 Å². The Hall–Kier alpha value is -1.84. The molecule has 1 aliphatic rings. The normalized spacial score (nSPS) is 14.2. The molecule has 0 radical (unpaired) electrons. The van der Waals surface area contributed by atoms with Crippen molar-refractivity contribution in [3.63, 3.8) is 0 Å².